The number of alkyl halides is 6. The molecule has 0 fully saturated rings. The standard InChI is InChI=1S/C28H21F6N3O3S2/c1-39-23-12-17(13-24-25(38)36-26(42-24)37(10-3-9-35)15-20-4-2-11-41-20)5-8-22(23)40-16-18-6-7-19(27(29,30)31)14-21(18)28(32,33)34/h2,4-8,11-14H,3,10,15-16H2,1H3. The van der Waals surface area contributed by atoms with Gasteiger partial charge >= 0.3 is 12.4 Å². The number of thioether (sulfide) groups is 1. The predicted octanol–water partition coefficient (Wildman–Crippen LogP) is 7.76. The van der Waals surface area contributed by atoms with Crippen LogP contribution in [-0.4, -0.2) is 29.6 Å². The molecule has 0 unspecified atom stereocenters. The Hall–Kier alpha value is -3.96. The van der Waals surface area contributed by atoms with Crippen molar-refractivity contribution in [3.63, 3.8) is 0 Å². The molecule has 2 aromatic carbocycles. The van der Waals surface area contributed by atoms with E-state index in [1.165, 1.54) is 19.2 Å². The third kappa shape index (κ3) is 7.65. The second-order valence-electron chi connectivity index (χ2n) is 8.79. The first-order valence-corrected chi connectivity index (χ1v) is 13.8. The van der Waals surface area contributed by atoms with Crippen molar-refractivity contribution < 1.29 is 40.6 Å². The topological polar surface area (TPSA) is 74.9 Å². The molecule has 0 spiro atoms. The van der Waals surface area contributed by atoms with Crippen LogP contribution in [0.2, 0.25) is 0 Å². The molecule has 4 rings (SSSR count). The maximum atomic E-state index is 13.5. The molecule has 1 aliphatic rings. The van der Waals surface area contributed by atoms with E-state index in [2.05, 4.69) is 11.1 Å². The van der Waals surface area contributed by atoms with Gasteiger partial charge in [0.15, 0.2) is 16.7 Å². The zero-order valence-electron chi connectivity index (χ0n) is 21.8. The highest BCUT2D eigenvalue weighted by Gasteiger charge is 2.38. The molecule has 0 aliphatic carbocycles. The van der Waals surface area contributed by atoms with Crippen LogP contribution in [0.4, 0.5) is 26.3 Å². The summed E-state index contributed by atoms with van der Waals surface area (Å²) in [5.41, 5.74) is -2.84. The lowest BCUT2D eigenvalue weighted by Crippen LogP contribution is -2.28. The molecule has 0 bridgehead atoms. The lowest BCUT2D eigenvalue weighted by atomic mass is 10.0. The summed E-state index contributed by atoms with van der Waals surface area (Å²) >= 11 is 2.69. The van der Waals surface area contributed by atoms with Gasteiger partial charge in [-0.25, -0.2) is 0 Å². The van der Waals surface area contributed by atoms with Gasteiger partial charge in [0.1, 0.15) is 6.61 Å². The van der Waals surface area contributed by atoms with Crippen LogP contribution in [0.5, 0.6) is 11.5 Å². The smallest absolute Gasteiger partial charge is 0.416 e. The molecule has 0 saturated carbocycles. The van der Waals surface area contributed by atoms with Gasteiger partial charge in [0.25, 0.3) is 5.91 Å². The second kappa shape index (κ2) is 12.9. The highest BCUT2D eigenvalue weighted by Crippen LogP contribution is 2.39. The first kappa shape index (κ1) is 31.0. The molecule has 1 aromatic heterocycles. The SMILES string of the molecule is COc1cc(C=C2SC(N(CCC#N)Cc3cccs3)=NC2=O)ccc1OCc1ccc(C(F)(F)F)cc1C(F)(F)F. The van der Waals surface area contributed by atoms with Crippen LogP contribution in [0.15, 0.2) is 63.8 Å². The molecule has 0 radical (unpaired) electrons. The summed E-state index contributed by atoms with van der Waals surface area (Å²) in [4.78, 5) is 20.0. The molecular formula is C28H21F6N3O3S2. The molecule has 0 saturated heterocycles. The van der Waals surface area contributed by atoms with Gasteiger partial charge in [-0.1, -0.05) is 18.2 Å². The normalized spacial score (nSPS) is 14.6. The zero-order chi connectivity index (χ0) is 30.5. The number of carbonyl (C=O) groups is 1. The monoisotopic (exact) mass is 625 g/mol. The van der Waals surface area contributed by atoms with Gasteiger partial charge in [-0.3, -0.25) is 4.79 Å². The minimum Gasteiger partial charge on any atom is -0.493 e. The first-order chi connectivity index (χ1) is 19.9. The Kier molecular flexibility index (Phi) is 9.53. The van der Waals surface area contributed by atoms with E-state index in [0.717, 1.165) is 22.7 Å². The van der Waals surface area contributed by atoms with Gasteiger partial charge < -0.3 is 14.4 Å². The van der Waals surface area contributed by atoms with E-state index in [4.69, 9.17) is 14.7 Å². The maximum Gasteiger partial charge on any atom is 0.416 e. The van der Waals surface area contributed by atoms with Crippen molar-refractivity contribution in [2.75, 3.05) is 13.7 Å². The summed E-state index contributed by atoms with van der Waals surface area (Å²) in [5.74, 6) is -0.284. The van der Waals surface area contributed by atoms with Crippen LogP contribution in [0.3, 0.4) is 0 Å². The van der Waals surface area contributed by atoms with Gasteiger partial charge in [0.2, 0.25) is 0 Å². The second-order valence-corrected chi connectivity index (χ2v) is 10.8. The average Bonchev–Trinajstić information content (AvgIpc) is 3.58. The number of aliphatic imine (C=N–C) groups is 1. The summed E-state index contributed by atoms with van der Waals surface area (Å²) in [6.07, 6.45) is -8.15. The van der Waals surface area contributed by atoms with Crippen LogP contribution in [0.1, 0.15) is 33.6 Å². The Morgan fingerprint density at radius 1 is 1.05 bits per heavy atom. The minimum absolute atomic E-state index is 0.0497. The van der Waals surface area contributed by atoms with Gasteiger partial charge in [-0.05, 0) is 59.1 Å². The summed E-state index contributed by atoms with van der Waals surface area (Å²) in [7, 11) is 1.31. The predicted molar refractivity (Wildman–Crippen MR) is 147 cm³/mol. The van der Waals surface area contributed by atoms with Gasteiger partial charge in [0, 0.05) is 17.0 Å². The number of nitriles is 1. The summed E-state index contributed by atoms with van der Waals surface area (Å²) in [6.45, 7) is 0.203. The molecule has 0 atom stereocenters. The van der Waals surface area contributed by atoms with Gasteiger partial charge in [0.05, 0.1) is 42.2 Å². The van der Waals surface area contributed by atoms with Crippen molar-refractivity contribution in [3.8, 4) is 17.6 Å². The van der Waals surface area contributed by atoms with Crippen molar-refractivity contribution >= 4 is 40.2 Å². The maximum absolute atomic E-state index is 13.5. The van der Waals surface area contributed by atoms with E-state index in [9.17, 15) is 31.1 Å². The lowest BCUT2D eigenvalue weighted by molar-refractivity contribution is -0.143. The summed E-state index contributed by atoms with van der Waals surface area (Å²) < 4.78 is 90.2. The number of hydrogen-bond donors (Lipinski definition) is 0. The Labute approximate surface area is 244 Å². The third-order valence-corrected chi connectivity index (χ3v) is 7.82. The van der Waals surface area contributed by atoms with Crippen LogP contribution < -0.4 is 9.47 Å². The van der Waals surface area contributed by atoms with Crippen molar-refractivity contribution in [1.82, 2.24) is 4.90 Å². The number of ether oxygens (including phenoxy) is 2. The minimum atomic E-state index is -5.03. The lowest BCUT2D eigenvalue weighted by Gasteiger charge is -2.21. The molecule has 1 aliphatic heterocycles. The molecule has 3 aromatic rings. The Morgan fingerprint density at radius 3 is 2.48 bits per heavy atom. The van der Waals surface area contributed by atoms with E-state index in [0.29, 0.717) is 34.8 Å². The fraction of sp³-hybridized carbons (Fsp3) is 0.250. The number of halogens is 6. The fourth-order valence-corrected chi connectivity index (χ4v) is 5.55. The zero-order valence-corrected chi connectivity index (χ0v) is 23.4. The van der Waals surface area contributed by atoms with Gasteiger partial charge in [-0.15, -0.1) is 11.3 Å². The third-order valence-electron chi connectivity index (χ3n) is 5.91. The van der Waals surface area contributed by atoms with Crippen molar-refractivity contribution in [2.24, 2.45) is 4.99 Å². The number of hydrogen-bond acceptors (Lipinski definition) is 7. The molecule has 2 heterocycles. The molecular weight excluding hydrogens is 604 g/mol. The molecule has 14 heteroatoms. The van der Waals surface area contributed by atoms with Crippen molar-refractivity contribution in [3.05, 3.63) is 85.9 Å². The quantitative estimate of drug-likeness (QED) is 0.179. The number of rotatable bonds is 9. The van der Waals surface area contributed by atoms with Crippen LogP contribution >= 0.6 is 23.1 Å². The molecule has 220 valence electrons. The highest BCUT2D eigenvalue weighted by molar-refractivity contribution is 8.18. The van der Waals surface area contributed by atoms with Crippen molar-refractivity contribution in [2.45, 2.75) is 31.9 Å². The van der Waals surface area contributed by atoms with E-state index in [-0.39, 0.29) is 24.0 Å². The number of amides is 1. The molecule has 6 nitrogen and oxygen atoms in total. The molecule has 0 N–H and O–H groups in total. The highest BCUT2D eigenvalue weighted by atomic mass is 32.2. The number of benzene rings is 2. The Balaban J connectivity index is 1.50. The van der Waals surface area contributed by atoms with Crippen LogP contribution in [0.25, 0.3) is 6.08 Å². The number of methoxy groups -OCH3 is 1. The number of thiophene rings is 1. The number of nitrogens with zero attached hydrogens (tertiary/aromatic N) is 3. The van der Waals surface area contributed by atoms with E-state index in [1.54, 1.807) is 23.5 Å². The first-order valence-electron chi connectivity index (χ1n) is 12.1. The Bertz CT molecular complexity index is 1540. The molecule has 1 amide bonds. The largest absolute Gasteiger partial charge is 0.493 e. The van der Waals surface area contributed by atoms with Crippen LogP contribution in [-0.2, 0) is 30.3 Å². The van der Waals surface area contributed by atoms with Crippen molar-refractivity contribution in [1.29, 1.82) is 5.26 Å². The fourth-order valence-electron chi connectivity index (χ4n) is 3.89. The number of carbonyl (C=O) groups excluding carboxylic acids is 1. The number of amidine groups is 1. The Morgan fingerprint density at radius 2 is 1.83 bits per heavy atom. The van der Waals surface area contributed by atoms with Gasteiger partial charge in [-0.2, -0.15) is 36.6 Å². The van der Waals surface area contributed by atoms with E-state index < -0.39 is 41.6 Å². The summed E-state index contributed by atoms with van der Waals surface area (Å²) in [6, 6.07) is 11.8. The average molecular weight is 626 g/mol. The molecule has 42 heavy (non-hydrogen) atoms. The van der Waals surface area contributed by atoms with Crippen LogP contribution in [0, 0.1) is 11.3 Å². The summed E-state index contributed by atoms with van der Waals surface area (Å²) in [5, 5.41) is 11.4. The van der Waals surface area contributed by atoms with E-state index in [1.807, 2.05) is 22.4 Å². The van der Waals surface area contributed by atoms with E-state index >= 15 is 0 Å².